The summed E-state index contributed by atoms with van der Waals surface area (Å²) in [6.45, 7) is 0.691. The molecule has 0 saturated heterocycles. The smallest absolute Gasteiger partial charge is 0.148 e. The van der Waals surface area contributed by atoms with Crippen molar-refractivity contribution in [2.75, 3.05) is 5.32 Å². The van der Waals surface area contributed by atoms with Gasteiger partial charge in [-0.3, -0.25) is 0 Å². The van der Waals surface area contributed by atoms with Crippen LogP contribution in [-0.4, -0.2) is 10.2 Å². The second-order valence-electron chi connectivity index (χ2n) is 4.65. The largest absolute Gasteiger partial charge is 0.365 e. The van der Waals surface area contributed by atoms with Crippen LogP contribution in [0.2, 0.25) is 5.02 Å². The van der Waals surface area contributed by atoms with Gasteiger partial charge in [0, 0.05) is 17.1 Å². The minimum Gasteiger partial charge on any atom is -0.365 e. The molecule has 3 aromatic rings. The van der Waals surface area contributed by atoms with Crippen molar-refractivity contribution < 1.29 is 0 Å². The summed E-state index contributed by atoms with van der Waals surface area (Å²) in [5.74, 6) is 0.754. The van der Waals surface area contributed by atoms with Gasteiger partial charge < -0.3 is 5.32 Å². The lowest BCUT2D eigenvalue weighted by atomic mass is 10.1. The Morgan fingerprint density at radius 2 is 1.57 bits per heavy atom. The topological polar surface area (TPSA) is 37.8 Å². The summed E-state index contributed by atoms with van der Waals surface area (Å²) in [5, 5.41) is 12.4. The lowest BCUT2D eigenvalue weighted by Gasteiger charge is -2.06. The quantitative estimate of drug-likeness (QED) is 0.775. The highest BCUT2D eigenvalue weighted by molar-refractivity contribution is 6.30. The molecule has 0 atom stereocenters. The fourth-order valence-corrected chi connectivity index (χ4v) is 2.11. The Balaban J connectivity index is 1.66. The van der Waals surface area contributed by atoms with Gasteiger partial charge in [-0.1, -0.05) is 54.1 Å². The van der Waals surface area contributed by atoms with E-state index in [4.69, 9.17) is 11.6 Å². The van der Waals surface area contributed by atoms with Gasteiger partial charge in [0.15, 0.2) is 0 Å². The number of rotatable bonds is 4. The molecule has 1 heterocycles. The zero-order valence-corrected chi connectivity index (χ0v) is 12.1. The van der Waals surface area contributed by atoms with Crippen molar-refractivity contribution >= 4 is 17.4 Å². The molecular weight excluding hydrogens is 282 g/mol. The Hall–Kier alpha value is -2.39. The third kappa shape index (κ3) is 3.58. The number of aromatic nitrogens is 2. The van der Waals surface area contributed by atoms with Gasteiger partial charge >= 0.3 is 0 Å². The number of nitrogens with one attached hydrogen (secondary N) is 1. The third-order valence-corrected chi connectivity index (χ3v) is 3.37. The molecule has 104 valence electrons. The van der Waals surface area contributed by atoms with Gasteiger partial charge in [-0.05, 0) is 29.8 Å². The maximum atomic E-state index is 5.86. The molecule has 0 aliphatic carbocycles. The van der Waals surface area contributed by atoms with Crippen LogP contribution in [0.5, 0.6) is 0 Å². The average Bonchev–Trinajstić information content (AvgIpc) is 2.56. The first-order valence-electron chi connectivity index (χ1n) is 6.69. The SMILES string of the molecule is Clc1ccc(CNc2ccc(-c3ccccc3)nn2)cc1. The van der Waals surface area contributed by atoms with E-state index >= 15 is 0 Å². The molecule has 2 aromatic carbocycles. The Morgan fingerprint density at radius 3 is 2.24 bits per heavy atom. The first-order chi connectivity index (χ1) is 10.3. The summed E-state index contributed by atoms with van der Waals surface area (Å²) >= 11 is 5.86. The van der Waals surface area contributed by atoms with Crippen LogP contribution < -0.4 is 5.32 Å². The molecule has 21 heavy (non-hydrogen) atoms. The van der Waals surface area contributed by atoms with E-state index in [-0.39, 0.29) is 0 Å². The lowest BCUT2D eigenvalue weighted by Crippen LogP contribution is -2.02. The van der Waals surface area contributed by atoms with E-state index in [0.717, 1.165) is 27.7 Å². The summed E-state index contributed by atoms with van der Waals surface area (Å²) in [6.07, 6.45) is 0. The predicted molar refractivity (Wildman–Crippen MR) is 86.2 cm³/mol. The fraction of sp³-hybridized carbons (Fsp3) is 0.0588. The molecule has 0 bridgehead atoms. The van der Waals surface area contributed by atoms with Crippen LogP contribution in [0.4, 0.5) is 5.82 Å². The molecule has 0 aliphatic heterocycles. The molecule has 0 aliphatic rings. The van der Waals surface area contributed by atoms with E-state index in [0.29, 0.717) is 6.54 Å². The first-order valence-corrected chi connectivity index (χ1v) is 7.06. The minimum atomic E-state index is 0.691. The van der Waals surface area contributed by atoms with Crippen molar-refractivity contribution in [3.63, 3.8) is 0 Å². The fourth-order valence-electron chi connectivity index (χ4n) is 1.98. The van der Waals surface area contributed by atoms with Gasteiger partial charge in [-0.2, -0.15) is 0 Å². The normalized spacial score (nSPS) is 10.3. The molecule has 3 rings (SSSR count). The minimum absolute atomic E-state index is 0.691. The lowest BCUT2D eigenvalue weighted by molar-refractivity contribution is 1.01. The summed E-state index contributed by atoms with van der Waals surface area (Å²) in [7, 11) is 0. The van der Waals surface area contributed by atoms with E-state index in [9.17, 15) is 0 Å². The van der Waals surface area contributed by atoms with E-state index in [1.807, 2.05) is 66.7 Å². The van der Waals surface area contributed by atoms with Gasteiger partial charge in [0.05, 0.1) is 5.69 Å². The van der Waals surface area contributed by atoms with Crippen LogP contribution in [0, 0.1) is 0 Å². The number of benzene rings is 2. The molecule has 0 radical (unpaired) electrons. The van der Waals surface area contributed by atoms with Crippen molar-refractivity contribution in [3.8, 4) is 11.3 Å². The molecule has 0 spiro atoms. The summed E-state index contributed by atoms with van der Waals surface area (Å²) in [4.78, 5) is 0. The molecule has 1 N–H and O–H groups in total. The van der Waals surface area contributed by atoms with Crippen molar-refractivity contribution in [2.45, 2.75) is 6.54 Å². The number of nitrogens with zero attached hydrogens (tertiary/aromatic N) is 2. The molecular formula is C17H14ClN3. The standard InChI is InChI=1S/C17H14ClN3/c18-15-8-6-13(7-9-15)12-19-17-11-10-16(20-21-17)14-4-2-1-3-5-14/h1-11H,12H2,(H,19,21). The molecule has 1 aromatic heterocycles. The summed E-state index contributed by atoms with van der Waals surface area (Å²) < 4.78 is 0. The number of anilines is 1. The van der Waals surface area contributed by atoms with E-state index in [2.05, 4.69) is 15.5 Å². The van der Waals surface area contributed by atoms with E-state index in [1.165, 1.54) is 0 Å². The van der Waals surface area contributed by atoms with Crippen molar-refractivity contribution in [2.24, 2.45) is 0 Å². The van der Waals surface area contributed by atoms with Crippen molar-refractivity contribution in [1.82, 2.24) is 10.2 Å². The molecule has 0 saturated carbocycles. The maximum Gasteiger partial charge on any atom is 0.148 e. The van der Waals surface area contributed by atoms with Gasteiger partial charge in [0.1, 0.15) is 5.82 Å². The molecule has 0 amide bonds. The first kappa shape index (κ1) is 13.6. The Morgan fingerprint density at radius 1 is 0.810 bits per heavy atom. The van der Waals surface area contributed by atoms with Crippen LogP contribution in [0.25, 0.3) is 11.3 Å². The van der Waals surface area contributed by atoms with Gasteiger partial charge in [-0.15, -0.1) is 10.2 Å². The summed E-state index contributed by atoms with van der Waals surface area (Å²) in [5.41, 5.74) is 3.08. The highest BCUT2D eigenvalue weighted by Gasteiger charge is 2.00. The van der Waals surface area contributed by atoms with Crippen LogP contribution in [0.3, 0.4) is 0 Å². The second-order valence-corrected chi connectivity index (χ2v) is 5.09. The van der Waals surface area contributed by atoms with Gasteiger partial charge in [-0.25, -0.2) is 0 Å². The van der Waals surface area contributed by atoms with Crippen LogP contribution in [0.15, 0.2) is 66.7 Å². The van der Waals surface area contributed by atoms with Crippen LogP contribution in [0.1, 0.15) is 5.56 Å². The third-order valence-electron chi connectivity index (χ3n) is 3.12. The Labute approximate surface area is 128 Å². The molecule has 0 fully saturated rings. The zero-order valence-electron chi connectivity index (χ0n) is 11.3. The van der Waals surface area contributed by atoms with E-state index < -0.39 is 0 Å². The Kier molecular flexibility index (Phi) is 4.12. The second kappa shape index (κ2) is 6.37. The predicted octanol–water partition coefficient (Wildman–Crippen LogP) is 4.41. The monoisotopic (exact) mass is 295 g/mol. The highest BCUT2D eigenvalue weighted by atomic mass is 35.5. The number of halogens is 1. The van der Waals surface area contributed by atoms with E-state index in [1.54, 1.807) is 0 Å². The van der Waals surface area contributed by atoms with Gasteiger partial charge in [0.2, 0.25) is 0 Å². The summed E-state index contributed by atoms with van der Waals surface area (Å²) in [6, 6.07) is 21.6. The van der Waals surface area contributed by atoms with Crippen molar-refractivity contribution in [3.05, 3.63) is 77.3 Å². The van der Waals surface area contributed by atoms with Crippen molar-refractivity contribution in [1.29, 1.82) is 0 Å². The number of hydrogen-bond acceptors (Lipinski definition) is 3. The zero-order chi connectivity index (χ0) is 14.5. The molecule has 3 nitrogen and oxygen atoms in total. The maximum absolute atomic E-state index is 5.86. The van der Waals surface area contributed by atoms with Gasteiger partial charge in [0.25, 0.3) is 0 Å². The molecule has 4 heteroatoms. The Bertz CT molecular complexity index is 694. The average molecular weight is 296 g/mol. The number of hydrogen-bond donors (Lipinski definition) is 1. The molecule has 0 unspecified atom stereocenters. The van der Waals surface area contributed by atoms with Crippen LogP contribution in [-0.2, 0) is 6.54 Å². The van der Waals surface area contributed by atoms with Crippen LogP contribution >= 0.6 is 11.6 Å². The highest BCUT2D eigenvalue weighted by Crippen LogP contribution is 2.16.